The lowest BCUT2D eigenvalue weighted by molar-refractivity contribution is 0.102. The van der Waals surface area contributed by atoms with E-state index in [0.29, 0.717) is 26.8 Å². The van der Waals surface area contributed by atoms with Gasteiger partial charge in [0.2, 0.25) is 0 Å². The topological polar surface area (TPSA) is 52.0 Å². The second-order valence-corrected chi connectivity index (χ2v) is 9.63. The molecule has 0 bridgehead atoms. The van der Waals surface area contributed by atoms with Crippen LogP contribution >= 0.6 is 34.7 Å². The van der Waals surface area contributed by atoms with E-state index in [9.17, 15) is 9.59 Å². The maximum atomic E-state index is 13.6. The first-order valence-corrected chi connectivity index (χ1v) is 12.2. The van der Waals surface area contributed by atoms with Gasteiger partial charge in [0.1, 0.15) is 4.83 Å². The van der Waals surface area contributed by atoms with E-state index in [1.807, 2.05) is 25.1 Å². The summed E-state index contributed by atoms with van der Waals surface area (Å²) >= 11 is 8.91. The normalized spacial score (nSPS) is 11.2. The highest BCUT2D eigenvalue weighted by molar-refractivity contribution is 7.99. The fourth-order valence-electron chi connectivity index (χ4n) is 3.43. The third-order valence-corrected chi connectivity index (χ3v) is 7.46. The van der Waals surface area contributed by atoms with Crippen LogP contribution in [-0.4, -0.2) is 21.1 Å². The van der Waals surface area contributed by atoms with E-state index in [-0.39, 0.29) is 17.1 Å². The number of thiophene rings is 1. The molecule has 0 saturated heterocycles. The van der Waals surface area contributed by atoms with Crippen molar-refractivity contribution in [1.82, 2.24) is 9.55 Å². The molecule has 4 aromatic rings. The summed E-state index contributed by atoms with van der Waals surface area (Å²) in [5.41, 5.74) is 2.21. The molecular formula is C24H21ClN2O2S2. The van der Waals surface area contributed by atoms with Crippen molar-refractivity contribution < 1.29 is 4.79 Å². The van der Waals surface area contributed by atoms with Crippen molar-refractivity contribution in [3.63, 3.8) is 0 Å². The van der Waals surface area contributed by atoms with Crippen LogP contribution in [0.2, 0.25) is 5.02 Å². The molecule has 0 unspecified atom stereocenters. The zero-order valence-corrected chi connectivity index (χ0v) is 19.6. The van der Waals surface area contributed by atoms with E-state index in [4.69, 9.17) is 16.6 Å². The predicted octanol–water partition coefficient (Wildman–Crippen LogP) is 6.34. The number of Topliss-reactive ketones (excluding diaryl/α,β-unsaturated/α-hetero) is 1. The lowest BCUT2D eigenvalue weighted by Crippen LogP contribution is -2.22. The molecule has 0 saturated carbocycles. The molecule has 0 aliphatic heterocycles. The van der Waals surface area contributed by atoms with Gasteiger partial charge in [0.05, 0.1) is 16.8 Å². The second kappa shape index (κ2) is 9.39. The predicted molar refractivity (Wildman–Crippen MR) is 130 cm³/mol. The van der Waals surface area contributed by atoms with Gasteiger partial charge in [-0.2, -0.15) is 0 Å². The Balaban J connectivity index is 1.82. The first-order valence-electron chi connectivity index (χ1n) is 10.0. The third-order valence-electron chi connectivity index (χ3n) is 5.02. The SMILES string of the molecule is CCCc1sc2nc(SCC(=O)c3ccccc3)n(-c3ccc(Cl)cc3)c(=O)c2c1C. The molecule has 0 N–H and O–H groups in total. The molecular weight excluding hydrogens is 448 g/mol. The van der Waals surface area contributed by atoms with Gasteiger partial charge in [-0.05, 0) is 43.2 Å². The molecule has 0 aliphatic carbocycles. The Morgan fingerprint density at radius 3 is 2.52 bits per heavy atom. The third kappa shape index (κ3) is 4.47. The molecule has 0 radical (unpaired) electrons. The van der Waals surface area contributed by atoms with Crippen molar-refractivity contribution in [2.75, 3.05) is 5.75 Å². The van der Waals surface area contributed by atoms with Crippen LogP contribution in [0.15, 0.2) is 64.5 Å². The zero-order chi connectivity index (χ0) is 22.0. The van der Waals surface area contributed by atoms with E-state index < -0.39 is 0 Å². The Bertz CT molecular complexity index is 1300. The highest BCUT2D eigenvalue weighted by atomic mass is 35.5. The lowest BCUT2D eigenvalue weighted by atomic mass is 10.1. The number of ketones is 1. The molecule has 0 atom stereocenters. The van der Waals surface area contributed by atoms with Crippen molar-refractivity contribution in [2.24, 2.45) is 0 Å². The summed E-state index contributed by atoms with van der Waals surface area (Å²) in [7, 11) is 0. The second-order valence-electron chi connectivity index (χ2n) is 7.17. The Hall–Kier alpha value is -2.41. The van der Waals surface area contributed by atoms with Crippen LogP contribution in [0.25, 0.3) is 15.9 Å². The first kappa shape index (κ1) is 21.8. The average molecular weight is 469 g/mol. The number of rotatable bonds is 7. The summed E-state index contributed by atoms with van der Waals surface area (Å²) in [6, 6.07) is 16.3. The van der Waals surface area contributed by atoms with Gasteiger partial charge in [-0.15, -0.1) is 11.3 Å². The summed E-state index contributed by atoms with van der Waals surface area (Å²) in [6.45, 7) is 4.12. The van der Waals surface area contributed by atoms with Gasteiger partial charge in [0.15, 0.2) is 10.9 Å². The number of hydrogen-bond acceptors (Lipinski definition) is 5. The highest BCUT2D eigenvalue weighted by Crippen LogP contribution is 2.31. The highest BCUT2D eigenvalue weighted by Gasteiger charge is 2.20. The number of aryl methyl sites for hydroxylation is 2. The number of carbonyl (C=O) groups excluding carboxylic acids is 1. The van der Waals surface area contributed by atoms with Gasteiger partial charge >= 0.3 is 0 Å². The van der Waals surface area contributed by atoms with Crippen molar-refractivity contribution in [1.29, 1.82) is 0 Å². The van der Waals surface area contributed by atoms with E-state index >= 15 is 0 Å². The average Bonchev–Trinajstić information content (AvgIpc) is 3.09. The molecule has 4 nitrogen and oxygen atoms in total. The van der Waals surface area contributed by atoms with Crippen molar-refractivity contribution in [2.45, 2.75) is 31.8 Å². The van der Waals surface area contributed by atoms with Crippen LogP contribution in [-0.2, 0) is 6.42 Å². The smallest absolute Gasteiger partial charge is 0.267 e. The molecule has 0 spiro atoms. The van der Waals surface area contributed by atoms with Crippen molar-refractivity contribution in [3.8, 4) is 5.69 Å². The molecule has 158 valence electrons. The van der Waals surface area contributed by atoms with Crippen LogP contribution in [0, 0.1) is 6.92 Å². The fraction of sp³-hybridized carbons (Fsp3) is 0.208. The van der Waals surface area contributed by atoms with Crippen molar-refractivity contribution >= 4 is 50.7 Å². The number of benzene rings is 2. The van der Waals surface area contributed by atoms with Gasteiger partial charge in [0.25, 0.3) is 5.56 Å². The lowest BCUT2D eigenvalue weighted by Gasteiger charge is -2.12. The molecule has 7 heteroatoms. The van der Waals surface area contributed by atoms with Crippen LogP contribution in [0.1, 0.15) is 34.1 Å². The maximum Gasteiger partial charge on any atom is 0.267 e. The Labute approximate surface area is 193 Å². The summed E-state index contributed by atoms with van der Waals surface area (Å²) in [4.78, 5) is 33.0. The number of carbonyl (C=O) groups is 1. The molecule has 31 heavy (non-hydrogen) atoms. The number of halogens is 1. The molecule has 0 amide bonds. The molecule has 2 heterocycles. The van der Waals surface area contributed by atoms with Gasteiger partial charge in [-0.1, -0.05) is 67.0 Å². The van der Waals surface area contributed by atoms with E-state index in [1.54, 1.807) is 52.3 Å². The fourth-order valence-corrected chi connectivity index (χ4v) is 5.78. The summed E-state index contributed by atoms with van der Waals surface area (Å²) in [6.07, 6.45) is 1.93. The largest absolute Gasteiger partial charge is 0.293 e. The van der Waals surface area contributed by atoms with Crippen LogP contribution in [0.4, 0.5) is 0 Å². The molecule has 0 fully saturated rings. The Morgan fingerprint density at radius 2 is 1.84 bits per heavy atom. The van der Waals surface area contributed by atoms with Crippen LogP contribution in [0.3, 0.4) is 0 Å². The monoisotopic (exact) mass is 468 g/mol. The van der Waals surface area contributed by atoms with E-state index in [0.717, 1.165) is 23.2 Å². The summed E-state index contributed by atoms with van der Waals surface area (Å²) < 4.78 is 1.59. The quantitative estimate of drug-likeness (QED) is 0.180. The number of fused-ring (bicyclic) bond motifs is 1. The summed E-state index contributed by atoms with van der Waals surface area (Å²) in [5.74, 6) is 0.193. The molecule has 2 aromatic heterocycles. The van der Waals surface area contributed by atoms with Gasteiger partial charge in [0, 0.05) is 15.5 Å². The molecule has 4 rings (SSSR count). The Morgan fingerprint density at radius 1 is 1.13 bits per heavy atom. The number of nitrogens with zero attached hydrogens (tertiary/aromatic N) is 2. The molecule has 2 aromatic carbocycles. The number of thioether (sulfide) groups is 1. The molecule has 0 aliphatic rings. The van der Waals surface area contributed by atoms with Crippen LogP contribution < -0.4 is 5.56 Å². The van der Waals surface area contributed by atoms with Crippen LogP contribution in [0.5, 0.6) is 0 Å². The van der Waals surface area contributed by atoms with Gasteiger partial charge in [-0.3, -0.25) is 14.2 Å². The standard InChI is InChI=1S/C24H21ClN2O2S2/c1-3-7-20-15(2)21-22(31-20)26-24(30-14-19(28)16-8-5-4-6-9-16)27(23(21)29)18-12-10-17(25)11-13-18/h4-6,8-13H,3,7,14H2,1-2H3. The number of hydrogen-bond donors (Lipinski definition) is 0. The zero-order valence-electron chi connectivity index (χ0n) is 17.2. The first-order chi connectivity index (χ1) is 15.0. The van der Waals surface area contributed by atoms with Gasteiger partial charge in [-0.25, -0.2) is 4.98 Å². The maximum absolute atomic E-state index is 13.6. The van der Waals surface area contributed by atoms with Crippen molar-refractivity contribution in [3.05, 3.63) is 86.0 Å². The summed E-state index contributed by atoms with van der Waals surface area (Å²) in [5, 5.41) is 1.76. The minimum atomic E-state index is -0.113. The minimum absolute atomic E-state index is 0.00312. The number of aromatic nitrogens is 2. The minimum Gasteiger partial charge on any atom is -0.293 e. The van der Waals surface area contributed by atoms with E-state index in [1.165, 1.54) is 16.6 Å². The Kier molecular flexibility index (Phi) is 6.60. The van der Waals surface area contributed by atoms with Gasteiger partial charge < -0.3 is 0 Å². The van der Waals surface area contributed by atoms with E-state index in [2.05, 4.69) is 6.92 Å².